The van der Waals surface area contributed by atoms with Crippen LogP contribution in [0.1, 0.15) is 11.7 Å². The van der Waals surface area contributed by atoms with E-state index in [-0.39, 0.29) is 0 Å². The SMILES string of the molecule is CNCC(O)c1ccc(Cl)cc1OC. The maximum Gasteiger partial charge on any atom is 0.126 e. The summed E-state index contributed by atoms with van der Waals surface area (Å²) >= 11 is 5.80. The van der Waals surface area contributed by atoms with Gasteiger partial charge in [-0.2, -0.15) is 0 Å². The minimum Gasteiger partial charge on any atom is -0.496 e. The summed E-state index contributed by atoms with van der Waals surface area (Å²) in [4.78, 5) is 0. The molecule has 0 heterocycles. The molecule has 78 valence electrons. The first-order valence-electron chi connectivity index (χ1n) is 4.35. The molecule has 0 radical (unpaired) electrons. The van der Waals surface area contributed by atoms with Gasteiger partial charge in [0.15, 0.2) is 0 Å². The number of aliphatic hydroxyl groups is 1. The molecule has 1 atom stereocenters. The van der Waals surface area contributed by atoms with Crippen LogP contribution >= 0.6 is 11.6 Å². The van der Waals surface area contributed by atoms with E-state index >= 15 is 0 Å². The maximum atomic E-state index is 9.74. The van der Waals surface area contributed by atoms with E-state index in [0.29, 0.717) is 17.3 Å². The second kappa shape index (κ2) is 5.20. The van der Waals surface area contributed by atoms with E-state index < -0.39 is 6.10 Å². The molecule has 0 aliphatic carbocycles. The van der Waals surface area contributed by atoms with Crippen LogP contribution in [-0.4, -0.2) is 25.8 Å². The summed E-state index contributed by atoms with van der Waals surface area (Å²) < 4.78 is 5.12. The van der Waals surface area contributed by atoms with Crippen LogP contribution in [0.4, 0.5) is 0 Å². The monoisotopic (exact) mass is 215 g/mol. The molecule has 4 heteroatoms. The zero-order valence-electron chi connectivity index (χ0n) is 8.25. The van der Waals surface area contributed by atoms with Crippen LogP contribution in [0.25, 0.3) is 0 Å². The van der Waals surface area contributed by atoms with Crippen molar-refractivity contribution in [3.05, 3.63) is 28.8 Å². The van der Waals surface area contributed by atoms with Crippen molar-refractivity contribution in [2.45, 2.75) is 6.10 Å². The highest BCUT2D eigenvalue weighted by Gasteiger charge is 2.12. The van der Waals surface area contributed by atoms with Gasteiger partial charge in [0.05, 0.1) is 13.2 Å². The van der Waals surface area contributed by atoms with Gasteiger partial charge >= 0.3 is 0 Å². The molecular weight excluding hydrogens is 202 g/mol. The van der Waals surface area contributed by atoms with E-state index in [2.05, 4.69) is 5.32 Å². The molecule has 1 rings (SSSR count). The molecule has 1 unspecified atom stereocenters. The molecule has 0 fully saturated rings. The molecule has 1 aromatic carbocycles. The molecule has 14 heavy (non-hydrogen) atoms. The van der Waals surface area contributed by atoms with E-state index in [1.165, 1.54) is 0 Å². The third-order valence-corrected chi connectivity index (χ3v) is 2.19. The fourth-order valence-electron chi connectivity index (χ4n) is 1.26. The average molecular weight is 216 g/mol. The van der Waals surface area contributed by atoms with Crippen LogP contribution < -0.4 is 10.1 Å². The minimum absolute atomic E-state index is 0.484. The Hall–Kier alpha value is -0.770. The second-order valence-electron chi connectivity index (χ2n) is 2.96. The van der Waals surface area contributed by atoms with Crippen LogP contribution in [-0.2, 0) is 0 Å². The van der Waals surface area contributed by atoms with Gasteiger partial charge < -0.3 is 15.2 Å². The normalized spacial score (nSPS) is 12.6. The topological polar surface area (TPSA) is 41.5 Å². The Labute approximate surface area is 88.7 Å². The van der Waals surface area contributed by atoms with Gasteiger partial charge in [0.2, 0.25) is 0 Å². The van der Waals surface area contributed by atoms with Crippen LogP contribution in [0, 0.1) is 0 Å². The third-order valence-electron chi connectivity index (χ3n) is 1.95. The van der Waals surface area contributed by atoms with E-state index in [4.69, 9.17) is 16.3 Å². The van der Waals surface area contributed by atoms with Crippen LogP contribution in [0.5, 0.6) is 5.75 Å². The van der Waals surface area contributed by atoms with E-state index in [1.807, 2.05) is 0 Å². The Balaban J connectivity index is 2.95. The Morgan fingerprint density at radius 1 is 1.57 bits per heavy atom. The van der Waals surface area contributed by atoms with Crippen molar-refractivity contribution in [3.8, 4) is 5.75 Å². The lowest BCUT2D eigenvalue weighted by Crippen LogP contribution is -2.17. The highest BCUT2D eigenvalue weighted by molar-refractivity contribution is 6.30. The Kier molecular flexibility index (Phi) is 4.20. The molecule has 0 aliphatic heterocycles. The molecule has 0 saturated heterocycles. The van der Waals surface area contributed by atoms with Gasteiger partial charge in [-0.05, 0) is 19.2 Å². The van der Waals surface area contributed by atoms with Crippen LogP contribution in [0.3, 0.4) is 0 Å². The summed E-state index contributed by atoms with van der Waals surface area (Å²) in [6, 6.07) is 5.19. The summed E-state index contributed by atoms with van der Waals surface area (Å²) in [5.41, 5.74) is 0.742. The van der Waals surface area contributed by atoms with Gasteiger partial charge in [0.25, 0.3) is 0 Å². The number of benzene rings is 1. The lowest BCUT2D eigenvalue weighted by molar-refractivity contribution is 0.173. The van der Waals surface area contributed by atoms with Gasteiger partial charge in [0.1, 0.15) is 5.75 Å². The summed E-state index contributed by atoms with van der Waals surface area (Å²) in [5, 5.41) is 13.2. The van der Waals surface area contributed by atoms with Gasteiger partial charge in [-0.1, -0.05) is 17.7 Å². The quantitative estimate of drug-likeness (QED) is 0.802. The Morgan fingerprint density at radius 2 is 2.29 bits per heavy atom. The van der Waals surface area contributed by atoms with E-state index in [1.54, 1.807) is 32.4 Å². The fourth-order valence-corrected chi connectivity index (χ4v) is 1.43. The van der Waals surface area contributed by atoms with Gasteiger partial charge in [-0.15, -0.1) is 0 Å². The number of methoxy groups -OCH3 is 1. The second-order valence-corrected chi connectivity index (χ2v) is 3.40. The number of likely N-dealkylation sites (N-methyl/N-ethyl adjacent to an activating group) is 1. The predicted octanol–water partition coefficient (Wildman–Crippen LogP) is 1.60. The van der Waals surface area contributed by atoms with Crippen molar-refractivity contribution in [2.24, 2.45) is 0 Å². The van der Waals surface area contributed by atoms with Gasteiger partial charge in [-0.25, -0.2) is 0 Å². The van der Waals surface area contributed by atoms with Crippen molar-refractivity contribution in [3.63, 3.8) is 0 Å². The molecule has 0 bridgehead atoms. The first-order chi connectivity index (χ1) is 6.69. The number of hydrogen-bond donors (Lipinski definition) is 2. The van der Waals surface area contributed by atoms with Crippen LogP contribution in [0.15, 0.2) is 18.2 Å². The van der Waals surface area contributed by atoms with Crippen molar-refractivity contribution in [1.29, 1.82) is 0 Å². The average Bonchev–Trinajstić information content (AvgIpc) is 2.17. The molecule has 1 aromatic rings. The first-order valence-corrected chi connectivity index (χ1v) is 4.73. The molecular formula is C10H14ClNO2. The molecule has 2 N–H and O–H groups in total. The van der Waals surface area contributed by atoms with Crippen LogP contribution in [0.2, 0.25) is 5.02 Å². The Morgan fingerprint density at radius 3 is 2.86 bits per heavy atom. The molecule has 0 saturated carbocycles. The summed E-state index contributed by atoms with van der Waals surface area (Å²) in [7, 11) is 3.34. The lowest BCUT2D eigenvalue weighted by atomic mass is 10.1. The van der Waals surface area contributed by atoms with Gasteiger partial charge in [0, 0.05) is 17.1 Å². The maximum absolute atomic E-state index is 9.74. The number of hydrogen-bond acceptors (Lipinski definition) is 3. The summed E-state index contributed by atoms with van der Waals surface area (Å²) in [6.07, 6.45) is -0.577. The number of halogens is 1. The number of aliphatic hydroxyl groups excluding tert-OH is 1. The molecule has 0 amide bonds. The molecule has 3 nitrogen and oxygen atoms in total. The van der Waals surface area contributed by atoms with Crippen molar-refractivity contribution >= 4 is 11.6 Å². The predicted molar refractivity (Wildman–Crippen MR) is 56.9 cm³/mol. The highest BCUT2D eigenvalue weighted by atomic mass is 35.5. The number of ether oxygens (including phenoxy) is 1. The van der Waals surface area contributed by atoms with E-state index in [0.717, 1.165) is 5.56 Å². The highest BCUT2D eigenvalue weighted by Crippen LogP contribution is 2.27. The largest absolute Gasteiger partial charge is 0.496 e. The van der Waals surface area contributed by atoms with Crippen molar-refractivity contribution < 1.29 is 9.84 Å². The smallest absolute Gasteiger partial charge is 0.126 e. The molecule has 0 spiro atoms. The number of nitrogens with one attached hydrogen (secondary N) is 1. The fraction of sp³-hybridized carbons (Fsp3) is 0.400. The minimum atomic E-state index is -0.577. The number of rotatable bonds is 4. The molecule has 0 aliphatic rings. The summed E-state index contributed by atoms with van der Waals surface area (Å²) in [5.74, 6) is 0.611. The standard InChI is InChI=1S/C10H14ClNO2/c1-12-6-9(13)8-4-3-7(11)5-10(8)14-2/h3-5,9,12-13H,6H2,1-2H3. The van der Waals surface area contributed by atoms with Crippen molar-refractivity contribution in [2.75, 3.05) is 20.7 Å². The molecule has 0 aromatic heterocycles. The third kappa shape index (κ3) is 2.61. The zero-order valence-corrected chi connectivity index (χ0v) is 9.01. The zero-order chi connectivity index (χ0) is 10.6. The summed E-state index contributed by atoms with van der Waals surface area (Å²) in [6.45, 7) is 0.484. The lowest BCUT2D eigenvalue weighted by Gasteiger charge is -2.14. The van der Waals surface area contributed by atoms with Gasteiger partial charge in [-0.3, -0.25) is 0 Å². The van der Waals surface area contributed by atoms with E-state index in [9.17, 15) is 5.11 Å². The Bertz CT molecular complexity index is 304. The van der Waals surface area contributed by atoms with Crippen molar-refractivity contribution in [1.82, 2.24) is 5.32 Å². The first kappa shape index (κ1) is 11.3.